The molecule has 0 bridgehead atoms. The van der Waals surface area contributed by atoms with Crippen LogP contribution in [0.15, 0.2) is 510 Å². The number of fused-ring (bicyclic) bond motifs is 40. The quantitative estimate of drug-likeness (QED) is 0.121. The first kappa shape index (κ1) is 83.1. The molecular formula is C138H84N4S4. The average molecular weight is 1930 g/mol. The van der Waals surface area contributed by atoms with E-state index in [1.165, 1.54) is 224 Å². The van der Waals surface area contributed by atoms with Crippen LogP contribution in [0.3, 0.4) is 0 Å². The molecule has 4 aromatic heterocycles. The van der Waals surface area contributed by atoms with Crippen molar-refractivity contribution in [2.24, 2.45) is 0 Å². The maximum absolute atomic E-state index is 2.46. The Morgan fingerprint density at radius 2 is 0.377 bits per heavy atom. The number of hydrogen-bond acceptors (Lipinski definition) is 8. The van der Waals surface area contributed by atoms with Crippen molar-refractivity contribution in [3.05, 3.63) is 554 Å². The zero-order valence-electron chi connectivity index (χ0n) is 78.9. The van der Waals surface area contributed by atoms with Crippen molar-refractivity contribution < 1.29 is 0 Å². The van der Waals surface area contributed by atoms with Gasteiger partial charge in [-0.25, -0.2) is 0 Å². The smallest absolute Gasteiger partial charge is 0.0737 e. The van der Waals surface area contributed by atoms with Crippen molar-refractivity contribution in [1.82, 2.24) is 0 Å². The Kier molecular flexibility index (Phi) is 18.5. The minimum Gasteiger partial charge on any atom is -0.310 e. The Bertz CT molecular complexity index is 9760. The summed E-state index contributed by atoms with van der Waals surface area (Å²) in [5.41, 5.74) is 33.8. The summed E-state index contributed by atoms with van der Waals surface area (Å²) >= 11 is 7.48. The van der Waals surface area contributed by atoms with Crippen LogP contribution in [0, 0.1) is 0 Å². The monoisotopic (exact) mass is 1920 g/mol. The Balaban J connectivity index is 0.000000133. The number of anilines is 12. The van der Waals surface area contributed by atoms with Gasteiger partial charge in [0.2, 0.25) is 0 Å². The molecular weight excluding hydrogens is 1840 g/mol. The summed E-state index contributed by atoms with van der Waals surface area (Å²) in [6.07, 6.45) is 0. The third kappa shape index (κ3) is 12.2. The van der Waals surface area contributed by atoms with Gasteiger partial charge in [-0.3, -0.25) is 0 Å². The van der Waals surface area contributed by atoms with Gasteiger partial charge >= 0.3 is 0 Å². The lowest BCUT2D eigenvalue weighted by molar-refractivity contribution is 0.809. The molecule has 0 aliphatic heterocycles. The molecule has 4 aliphatic rings. The maximum atomic E-state index is 2.46. The van der Waals surface area contributed by atoms with E-state index in [1.807, 2.05) is 45.3 Å². The molecule has 4 heterocycles. The van der Waals surface area contributed by atoms with Gasteiger partial charge in [-0.1, -0.05) is 340 Å². The van der Waals surface area contributed by atoms with Gasteiger partial charge in [-0.05, 0) is 302 Å². The number of rotatable bonds is 12. The highest BCUT2D eigenvalue weighted by molar-refractivity contribution is 7.27. The fourth-order valence-electron chi connectivity index (χ4n) is 25.7. The molecule has 0 saturated heterocycles. The second-order valence-electron chi connectivity index (χ2n) is 39.0. The van der Waals surface area contributed by atoms with Gasteiger partial charge in [0.05, 0.1) is 31.6 Å². The normalized spacial score (nSPS) is 13.0. The fraction of sp³-hybridized carbons (Fsp3) is 0.0145. The van der Waals surface area contributed by atoms with Crippen LogP contribution < -0.4 is 19.6 Å². The Hall–Kier alpha value is -17.6. The Morgan fingerprint density at radius 3 is 0.699 bits per heavy atom. The fourth-order valence-corrected chi connectivity index (χ4v) is 30.3. The lowest BCUT2D eigenvalue weighted by atomic mass is 9.68. The highest BCUT2D eigenvalue weighted by Gasteiger charge is 2.55. The van der Waals surface area contributed by atoms with Gasteiger partial charge in [0.15, 0.2) is 0 Å². The lowest BCUT2D eigenvalue weighted by Gasteiger charge is -2.33. The highest BCUT2D eigenvalue weighted by atomic mass is 32.1. The van der Waals surface area contributed by atoms with Crippen LogP contribution in [0.2, 0.25) is 0 Å². The largest absolute Gasteiger partial charge is 0.310 e. The molecule has 28 aromatic rings. The van der Waals surface area contributed by atoms with Crippen LogP contribution in [0.25, 0.3) is 168 Å². The van der Waals surface area contributed by atoms with Gasteiger partial charge in [0.25, 0.3) is 0 Å². The van der Waals surface area contributed by atoms with Crippen molar-refractivity contribution in [3.63, 3.8) is 0 Å². The van der Waals surface area contributed by atoms with Gasteiger partial charge in [0, 0.05) is 128 Å². The van der Waals surface area contributed by atoms with Crippen LogP contribution in [-0.4, -0.2) is 0 Å². The number of nitrogens with zero attached hydrogens (tertiary/aromatic N) is 4. The second-order valence-corrected chi connectivity index (χ2v) is 43.3. The van der Waals surface area contributed by atoms with E-state index in [2.05, 4.69) is 529 Å². The summed E-state index contributed by atoms with van der Waals surface area (Å²) in [5.74, 6) is 0. The standard InChI is InChI=1S/2C69H42N2S2/c1-3-17-45(18-4-1)70(61-29-15-25-57-53-23-9-13-31-63(53)72-67(57)61)47-35-39-49-43(41-47)33-37-55-56-38-34-44-42-48(71(46-19-5-2-6-20-46)62-30-16-26-58-54-24-10-14-32-64(54)73-68(58)62)36-40-50(44)66(56)69(65(49)55)59-27-11-7-21-51(59)52-22-8-12-28-60(52)69;1-3-15-45(16-4-1)70(49-31-37-65-59(41-49)55-21-9-13-25-63(55)72-65)47-29-35-51-43(39-47)27-33-57-58-34-28-44-40-48(71(46-17-5-2-6-18-46)50-32-38-66-60(42-50)56-22-10-14-26-64(56)73-66)30-36-52(44)68(58)69(67(51)57)61-23-11-7-19-53(61)54-20-8-12-24-62(54)69/h2*1-42H. The SMILES string of the molecule is c1ccc(N(c2ccc3c4c(ccc3c2)-c2ccc3cc(N(c5ccccc5)c5ccc6sc7ccccc7c6c5)ccc3c2C42c3ccccc3-c3ccccc32)c2ccc3sc4ccccc4c3c2)cc1.c1ccc(N(c2ccc3c4c(ccc3c2)-c2ccc3cc(N(c5ccccc5)c5cccc6c5sc5ccccc56)ccc3c2C42c3ccccc3-c3ccccc32)c2cccc3c2sc2ccccc23)cc1. The van der Waals surface area contributed by atoms with Gasteiger partial charge in [-0.15, -0.1) is 45.3 Å². The molecule has 4 nitrogen and oxygen atoms in total. The molecule has 8 heteroatoms. The van der Waals surface area contributed by atoms with E-state index in [0.29, 0.717) is 0 Å². The Morgan fingerprint density at radius 1 is 0.137 bits per heavy atom. The molecule has 24 aromatic carbocycles. The van der Waals surface area contributed by atoms with E-state index in [1.54, 1.807) is 0 Å². The molecule has 32 rings (SSSR count). The van der Waals surface area contributed by atoms with E-state index in [9.17, 15) is 0 Å². The first-order valence-corrected chi connectivity index (χ1v) is 53.4. The third-order valence-electron chi connectivity index (χ3n) is 31.6. The van der Waals surface area contributed by atoms with Gasteiger partial charge < -0.3 is 19.6 Å². The van der Waals surface area contributed by atoms with Crippen molar-refractivity contribution in [2.45, 2.75) is 10.8 Å². The predicted octanol–water partition coefficient (Wildman–Crippen LogP) is 40.0. The van der Waals surface area contributed by atoms with Crippen molar-refractivity contribution in [1.29, 1.82) is 0 Å². The first-order valence-electron chi connectivity index (χ1n) is 50.1. The van der Waals surface area contributed by atoms with Crippen LogP contribution in [0.4, 0.5) is 68.2 Å². The maximum Gasteiger partial charge on any atom is 0.0737 e. The summed E-state index contributed by atoms with van der Waals surface area (Å²) in [7, 11) is 0. The molecule has 4 aliphatic carbocycles. The van der Waals surface area contributed by atoms with Crippen molar-refractivity contribution in [3.8, 4) is 44.5 Å². The number of benzene rings is 24. The summed E-state index contributed by atoms with van der Waals surface area (Å²) in [5, 5.41) is 20.3. The lowest BCUT2D eigenvalue weighted by Crippen LogP contribution is -2.26. The topological polar surface area (TPSA) is 13.0 Å². The number of thiophene rings is 4. The zero-order valence-corrected chi connectivity index (χ0v) is 82.2. The minimum atomic E-state index is -0.566. The second kappa shape index (κ2) is 32.5. The molecule has 0 radical (unpaired) electrons. The zero-order chi connectivity index (χ0) is 95.6. The average Bonchev–Trinajstić information content (AvgIpc) is 1.49. The van der Waals surface area contributed by atoms with E-state index in [4.69, 9.17) is 0 Å². The molecule has 0 atom stereocenters. The number of hydrogen-bond donors (Lipinski definition) is 0. The molecule has 0 amide bonds. The van der Waals surface area contributed by atoms with Crippen molar-refractivity contribution >= 4 is 237 Å². The van der Waals surface area contributed by atoms with E-state index in [0.717, 1.165) is 56.9 Å². The van der Waals surface area contributed by atoms with Crippen molar-refractivity contribution in [2.75, 3.05) is 19.6 Å². The summed E-state index contributed by atoms with van der Waals surface area (Å²) < 4.78 is 10.4. The van der Waals surface area contributed by atoms with Gasteiger partial charge in [0.1, 0.15) is 0 Å². The predicted molar refractivity (Wildman–Crippen MR) is 626 cm³/mol. The number of para-hydroxylation sites is 4. The van der Waals surface area contributed by atoms with E-state index < -0.39 is 10.8 Å². The molecule has 0 N–H and O–H groups in total. The van der Waals surface area contributed by atoms with Crippen LogP contribution in [-0.2, 0) is 10.8 Å². The first-order chi connectivity index (χ1) is 72.4. The third-order valence-corrected chi connectivity index (χ3v) is 36.3. The molecule has 680 valence electrons. The molecule has 0 unspecified atom stereocenters. The van der Waals surface area contributed by atoms with Crippen LogP contribution in [0.5, 0.6) is 0 Å². The summed E-state index contributed by atoms with van der Waals surface area (Å²) in [6, 6.07) is 191. The van der Waals surface area contributed by atoms with E-state index in [-0.39, 0.29) is 0 Å². The molecule has 2 spiro atoms. The van der Waals surface area contributed by atoms with E-state index >= 15 is 0 Å². The van der Waals surface area contributed by atoms with Crippen LogP contribution >= 0.6 is 45.3 Å². The summed E-state index contributed by atoms with van der Waals surface area (Å²) in [4.78, 5) is 9.77. The summed E-state index contributed by atoms with van der Waals surface area (Å²) in [6.45, 7) is 0. The van der Waals surface area contributed by atoms with Crippen LogP contribution in [0.1, 0.15) is 44.5 Å². The highest BCUT2D eigenvalue weighted by Crippen LogP contribution is 2.69. The Labute approximate surface area is 859 Å². The minimum absolute atomic E-state index is 0.561. The molecule has 0 saturated carbocycles. The molecule has 146 heavy (non-hydrogen) atoms. The van der Waals surface area contributed by atoms with Gasteiger partial charge in [-0.2, -0.15) is 0 Å². The molecule has 0 fully saturated rings.